The predicted molar refractivity (Wildman–Crippen MR) is 95.1 cm³/mol. The highest BCUT2D eigenvalue weighted by Crippen LogP contribution is 2.26. The number of aromatic nitrogens is 2. The van der Waals surface area contributed by atoms with Gasteiger partial charge in [-0.3, -0.25) is 9.48 Å². The monoisotopic (exact) mass is 387 g/mol. The summed E-state index contributed by atoms with van der Waals surface area (Å²) in [4.78, 5) is 13.8. The largest absolute Gasteiger partial charge is 0.390 e. The van der Waals surface area contributed by atoms with Crippen LogP contribution in [0.25, 0.3) is 0 Å². The normalized spacial score (nSPS) is 25.6. The lowest BCUT2D eigenvalue weighted by molar-refractivity contribution is -0.138. The number of alkyl halides is 3. The Morgan fingerprint density at radius 3 is 2.67 bits per heavy atom. The van der Waals surface area contributed by atoms with Gasteiger partial charge < -0.3 is 15.5 Å². The Hall–Kier alpha value is -1.61. The van der Waals surface area contributed by atoms with Crippen LogP contribution in [0.15, 0.2) is 12.4 Å². The average molecular weight is 387 g/mol. The van der Waals surface area contributed by atoms with Gasteiger partial charge in [-0.2, -0.15) is 18.3 Å². The number of nitrogens with one attached hydrogen (secondary N) is 2. The van der Waals surface area contributed by atoms with Crippen LogP contribution in [0, 0.1) is 0 Å². The van der Waals surface area contributed by atoms with Crippen LogP contribution < -0.4 is 10.6 Å². The zero-order valence-electron chi connectivity index (χ0n) is 15.6. The Balaban J connectivity index is 1.53. The number of likely N-dealkylation sites (tertiary alicyclic amines) is 1. The lowest BCUT2D eigenvalue weighted by atomic mass is 9.91. The van der Waals surface area contributed by atoms with E-state index in [-0.39, 0.29) is 30.6 Å². The molecule has 6 nitrogen and oxygen atoms in total. The molecule has 2 aliphatic rings. The predicted octanol–water partition coefficient (Wildman–Crippen LogP) is 2.23. The van der Waals surface area contributed by atoms with E-state index in [1.807, 2.05) is 22.7 Å². The van der Waals surface area contributed by atoms with Crippen molar-refractivity contribution in [2.24, 2.45) is 0 Å². The summed E-state index contributed by atoms with van der Waals surface area (Å²) in [5.41, 5.74) is 0.991. The number of amides is 1. The number of aryl methyl sites for hydroxylation is 1. The smallest absolute Gasteiger partial charge is 0.348 e. The molecule has 0 spiro atoms. The van der Waals surface area contributed by atoms with Crippen LogP contribution in [-0.4, -0.2) is 58.5 Å². The fourth-order valence-corrected chi connectivity index (χ4v) is 3.92. The molecule has 1 aromatic heterocycles. The Morgan fingerprint density at radius 1 is 1.30 bits per heavy atom. The van der Waals surface area contributed by atoms with Crippen LogP contribution in [-0.2, 0) is 11.3 Å². The third-order valence-electron chi connectivity index (χ3n) is 5.49. The summed E-state index contributed by atoms with van der Waals surface area (Å²) in [6, 6.07) is 0.259. The van der Waals surface area contributed by atoms with Gasteiger partial charge in [0.25, 0.3) is 0 Å². The highest BCUT2D eigenvalue weighted by Gasteiger charge is 2.33. The first-order valence-electron chi connectivity index (χ1n) is 9.71. The minimum absolute atomic E-state index is 0.0456. The van der Waals surface area contributed by atoms with Gasteiger partial charge in [0.1, 0.15) is 0 Å². The van der Waals surface area contributed by atoms with E-state index in [4.69, 9.17) is 0 Å². The molecule has 2 fully saturated rings. The molecular formula is C18H28F3N5O. The molecule has 3 heterocycles. The first-order chi connectivity index (χ1) is 12.8. The van der Waals surface area contributed by atoms with E-state index in [1.54, 1.807) is 6.20 Å². The Kier molecular flexibility index (Phi) is 6.41. The van der Waals surface area contributed by atoms with Crippen molar-refractivity contribution >= 4 is 5.91 Å². The Labute approximate surface area is 157 Å². The number of carbonyl (C=O) groups is 1. The zero-order chi connectivity index (χ0) is 19.4. The van der Waals surface area contributed by atoms with Crippen LogP contribution >= 0.6 is 0 Å². The molecule has 1 amide bonds. The summed E-state index contributed by atoms with van der Waals surface area (Å²) in [5.74, 6) is 0.0456. The molecule has 2 aliphatic heterocycles. The van der Waals surface area contributed by atoms with Gasteiger partial charge in [0, 0.05) is 43.4 Å². The quantitative estimate of drug-likeness (QED) is 0.786. The molecule has 27 heavy (non-hydrogen) atoms. The summed E-state index contributed by atoms with van der Waals surface area (Å²) in [6.45, 7) is 4.21. The maximum atomic E-state index is 12.4. The van der Waals surface area contributed by atoms with E-state index in [1.165, 1.54) is 0 Å². The molecule has 0 aromatic carbocycles. The third kappa shape index (κ3) is 5.68. The molecule has 2 N–H and O–H groups in total. The standard InChI is InChI=1S/C18H28F3N5O/c1-2-26-12-13(11-22-26)17-15(3-4-16(27)24-17)23-14-5-8-25(9-6-14)10-7-18(19,20)21/h11-12,14-15,17,23H,2-10H2,1H3,(H,24,27)/t15-,17+/m1/s1. The molecule has 0 unspecified atom stereocenters. The highest BCUT2D eigenvalue weighted by atomic mass is 19.4. The van der Waals surface area contributed by atoms with Crippen molar-refractivity contribution in [3.63, 3.8) is 0 Å². The minimum atomic E-state index is -4.09. The van der Waals surface area contributed by atoms with Gasteiger partial charge in [-0.25, -0.2) is 0 Å². The molecule has 9 heteroatoms. The number of piperidine rings is 2. The number of halogens is 3. The molecule has 0 saturated carbocycles. The van der Waals surface area contributed by atoms with Crippen LogP contribution in [0.1, 0.15) is 50.6 Å². The van der Waals surface area contributed by atoms with Crippen LogP contribution in [0.3, 0.4) is 0 Å². The van der Waals surface area contributed by atoms with Crippen LogP contribution in [0.5, 0.6) is 0 Å². The van der Waals surface area contributed by atoms with Crippen molar-refractivity contribution in [3.8, 4) is 0 Å². The summed E-state index contributed by atoms with van der Waals surface area (Å²) >= 11 is 0. The van der Waals surface area contributed by atoms with E-state index in [9.17, 15) is 18.0 Å². The minimum Gasteiger partial charge on any atom is -0.348 e. The fraction of sp³-hybridized carbons (Fsp3) is 0.778. The van der Waals surface area contributed by atoms with E-state index in [2.05, 4.69) is 15.7 Å². The number of hydrogen-bond donors (Lipinski definition) is 2. The fourth-order valence-electron chi connectivity index (χ4n) is 3.92. The van der Waals surface area contributed by atoms with Crippen LogP contribution in [0.4, 0.5) is 13.2 Å². The maximum absolute atomic E-state index is 12.4. The van der Waals surface area contributed by atoms with Gasteiger partial charge in [0.05, 0.1) is 18.7 Å². The molecule has 0 aliphatic carbocycles. The van der Waals surface area contributed by atoms with E-state index >= 15 is 0 Å². The van der Waals surface area contributed by atoms with Crippen molar-refractivity contribution < 1.29 is 18.0 Å². The number of carbonyl (C=O) groups excluding carboxylic acids is 1. The SMILES string of the molecule is CCn1cc([C@@H]2NC(=O)CC[C@H]2NC2CCN(CCC(F)(F)F)CC2)cn1. The second-order valence-corrected chi connectivity index (χ2v) is 7.47. The number of rotatable bonds is 6. The summed E-state index contributed by atoms with van der Waals surface area (Å²) in [7, 11) is 0. The summed E-state index contributed by atoms with van der Waals surface area (Å²) in [6.07, 6.45) is 1.81. The second-order valence-electron chi connectivity index (χ2n) is 7.47. The summed E-state index contributed by atoms with van der Waals surface area (Å²) < 4.78 is 39.0. The molecular weight excluding hydrogens is 359 g/mol. The van der Waals surface area contributed by atoms with Crippen molar-refractivity contribution in [3.05, 3.63) is 18.0 Å². The van der Waals surface area contributed by atoms with Gasteiger partial charge in [0.15, 0.2) is 0 Å². The Morgan fingerprint density at radius 2 is 2.04 bits per heavy atom. The molecule has 3 rings (SSSR count). The van der Waals surface area contributed by atoms with Gasteiger partial charge in [-0.15, -0.1) is 0 Å². The van der Waals surface area contributed by atoms with E-state index in [0.717, 1.165) is 31.4 Å². The summed E-state index contributed by atoms with van der Waals surface area (Å²) in [5, 5.41) is 11.0. The first-order valence-corrected chi connectivity index (χ1v) is 9.71. The molecule has 1 aromatic rings. The van der Waals surface area contributed by atoms with Gasteiger partial charge in [-0.1, -0.05) is 0 Å². The van der Waals surface area contributed by atoms with Gasteiger partial charge in [-0.05, 0) is 39.3 Å². The van der Waals surface area contributed by atoms with Crippen molar-refractivity contribution in [2.45, 2.75) is 69.9 Å². The topological polar surface area (TPSA) is 62.2 Å². The lowest BCUT2D eigenvalue weighted by Crippen LogP contribution is -2.53. The third-order valence-corrected chi connectivity index (χ3v) is 5.49. The van der Waals surface area contributed by atoms with Crippen molar-refractivity contribution in [1.29, 1.82) is 0 Å². The molecule has 2 atom stereocenters. The lowest BCUT2D eigenvalue weighted by Gasteiger charge is -2.38. The number of nitrogens with zero attached hydrogens (tertiary/aromatic N) is 3. The van der Waals surface area contributed by atoms with Crippen LogP contribution in [0.2, 0.25) is 0 Å². The van der Waals surface area contributed by atoms with Gasteiger partial charge >= 0.3 is 6.18 Å². The maximum Gasteiger partial charge on any atom is 0.390 e. The average Bonchev–Trinajstić information content (AvgIpc) is 3.11. The zero-order valence-corrected chi connectivity index (χ0v) is 15.6. The van der Waals surface area contributed by atoms with Crippen molar-refractivity contribution in [1.82, 2.24) is 25.3 Å². The highest BCUT2D eigenvalue weighted by molar-refractivity contribution is 5.77. The Bertz CT molecular complexity index is 625. The molecule has 2 saturated heterocycles. The van der Waals surface area contributed by atoms with E-state index in [0.29, 0.717) is 19.5 Å². The van der Waals surface area contributed by atoms with E-state index < -0.39 is 12.6 Å². The number of hydrogen-bond acceptors (Lipinski definition) is 4. The first kappa shape index (κ1) is 20.1. The molecule has 0 bridgehead atoms. The molecule has 152 valence electrons. The van der Waals surface area contributed by atoms with Gasteiger partial charge in [0.2, 0.25) is 5.91 Å². The van der Waals surface area contributed by atoms with Crippen molar-refractivity contribution in [2.75, 3.05) is 19.6 Å². The second kappa shape index (κ2) is 8.60. The molecule has 0 radical (unpaired) electrons.